The second-order valence-corrected chi connectivity index (χ2v) is 3.97. The Kier molecular flexibility index (Phi) is 5.53. The Morgan fingerprint density at radius 1 is 1.35 bits per heavy atom. The average Bonchev–Trinajstić information content (AvgIpc) is 2.30. The lowest BCUT2D eigenvalue weighted by Gasteiger charge is -2.09. The second kappa shape index (κ2) is 6.94. The zero-order valence-corrected chi connectivity index (χ0v) is 10.8. The Labute approximate surface area is 103 Å². The Morgan fingerprint density at radius 3 is 2.76 bits per heavy atom. The topological polar surface area (TPSA) is 35.5 Å². The van der Waals surface area contributed by atoms with Gasteiger partial charge in [0.25, 0.3) is 0 Å². The van der Waals surface area contributed by atoms with Crippen molar-refractivity contribution in [3.05, 3.63) is 29.3 Å². The predicted octanol–water partition coefficient (Wildman–Crippen LogP) is 2.89. The zero-order chi connectivity index (χ0) is 12.7. The van der Waals surface area contributed by atoms with Crippen LogP contribution in [0.1, 0.15) is 30.9 Å². The lowest BCUT2D eigenvalue weighted by Crippen LogP contribution is -2.04. The Morgan fingerprint density at radius 2 is 2.12 bits per heavy atom. The SMILES string of the molecule is CCOC(=O)CCCc1cc(C)ccc1OC. The van der Waals surface area contributed by atoms with E-state index in [2.05, 4.69) is 6.07 Å². The molecule has 1 aromatic carbocycles. The van der Waals surface area contributed by atoms with E-state index in [1.807, 2.05) is 26.0 Å². The van der Waals surface area contributed by atoms with Gasteiger partial charge in [-0.2, -0.15) is 0 Å². The number of hydrogen-bond donors (Lipinski definition) is 0. The molecular formula is C14H20O3. The first-order valence-electron chi connectivity index (χ1n) is 5.96. The number of rotatable bonds is 6. The lowest BCUT2D eigenvalue weighted by atomic mass is 10.0. The van der Waals surface area contributed by atoms with Crippen molar-refractivity contribution >= 4 is 5.97 Å². The van der Waals surface area contributed by atoms with E-state index in [1.54, 1.807) is 7.11 Å². The third kappa shape index (κ3) is 4.47. The molecule has 3 heteroatoms. The van der Waals surface area contributed by atoms with Crippen molar-refractivity contribution in [2.45, 2.75) is 33.1 Å². The van der Waals surface area contributed by atoms with Gasteiger partial charge >= 0.3 is 5.97 Å². The summed E-state index contributed by atoms with van der Waals surface area (Å²) in [5, 5.41) is 0. The fourth-order valence-corrected chi connectivity index (χ4v) is 1.76. The molecule has 0 radical (unpaired) electrons. The molecule has 0 saturated heterocycles. The number of esters is 1. The minimum absolute atomic E-state index is 0.126. The summed E-state index contributed by atoms with van der Waals surface area (Å²) in [6.07, 6.45) is 2.09. The first kappa shape index (κ1) is 13.6. The van der Waals surface area contributed by atoms with Crippen LogP contribution in [0.4, 0.5) is 0 Å². The highest BCUT2D eigenvalue weighted by molar-refractivity contribution is 5.69. The van der Waals surface area contributed by atoms with Gasteiger partial charge in [-0.1, -0.05) is 17.7 Å². The molecule has 0 aliphatic carbocycles. The highest BCUT2D eigenvalue weighted by atomic mass is 16.5. The average molecular weight is 236 g/mol. The molecule has 0 heterocycles. The van der Waals surface area contributed by atoms with E-state index < -0.39 is 0 Å². The normalized spacial score (nSPS) is 10.1. The van der Waals surface area contributed by atoms with Gasteiger partial charge in [0.2, 0.25) is 0 Å². The van der Waals surface area contributed by atoms with E-state index in [9.17, 15) is 4.79 Å². The van der Waals surface area contributed by atoms with Crippen LogP contribution in [0.5, 0.6) is 5.75 Å². The van der Waals surface area contributed by atoms with Gasteiger partial charge < -0.3 is 9.47 Å². The van der Waals surface area contributed by atoms with Gasteiger partial charge in [-0.15, -0.1) is 0 Å². The molecule has 0 N–H and O–H groups in total. The van der Waals surface area contributed by atoms with Gasteiger partial charge in [-0.25, -0.2) is 0 Å². The molecule has 17 heavy (non-hydrogen) atoms. The van der Waals surface area contributed by atoms with Crippen LogP contribution in [0.15, 0.2) is 18.2 Å². The number of methoxy groups -OCH3 is 1. The number of carbonyl (C=O) groups excluding carboxylic acids is 1. The van der Waals surface area contributed by atoms with Crippen LogP contribution in [0.2, 0.25) is 0 Å². The maximum atomic E-state index is 11.2. The van der Waals surface area contributed by atoms with Crippen molar-refractivity contribution < 1.29 is 14.3 Å². The van der Waals surface area contributed by atoms with Gasteiger partial charge in [0.05, 0.1) is 13.7 Å². The summed E-state index contributed by atoms with van der Waals surface area (Å²) >= 11 is 0. The van der Waals surface area contributed by atoms with Gasteiger partial charge in [0.15, 0.2) is 0 Å². The Balaban J connectivity index is 2.50. The monoisotopic (exact) mass is 236 g/mol. The van der Waals surface area contributed by atoms with E-state index in [0.29, 0.717) is 13.0 Å². The molecule has 0 aliphatic rings. The third-order valence-electron chi connectivity index (χ3n) is 2.57. The summed E-state index contributed by atoms with van der Waals surface area (Å²) in [7, 11) is 1.67. The molecule has 1 aromatic rings. The summed E-state index contributed by atoms with van der Waals surface area (Å²) in [5.74, 6) is 0.763. The number of benzene rings is 1. The van der Waals surface area contributed by atoms with Crippen LogP contribution >= 0.6 is 0 Å². The summed E-state index contributed by atoms with van der Waals surface area (Å²) < 4.78 is 10.2. The molecule has 3 nitrogen and oxygen atoms in total. The summed E-state index contributed by atoms with van der Waals surface area (Å²) in [6, 6.07) is 6.09. The fraction of sp³-hybridized carbons (Fsp3) is 0.500. The summed E-state index contributed by atoms with van der Waals surface area (Å²) in [5.41, 5.74) is 2.36. The molecule has 0 aromatic heterocycles. The van der Waals surface area contributed by atoms with Crippen molar-refractivity contribution in [3.63, 3.8) is 0 Å². The molecule has 0 spiro atoms. The molecular weight excluding hydrogens is 216 g/mol. The van der Waals surface area contributed by atoms with Crippen molar-refractivity contribution in [1.82, 2.24) is 0 Å². The van der Waals surface area contributed by atoms with E-state index in [0.717, 1.165) is 24.2 Å². The number of ether oxygens (including phenoxy) is 2. The molecule has 0 saturated carbocycles. The van der Waals surface area contributed by atoms with E-state index in [-0.39, 0.29) is 5.97 Å². The predicted molar refractivity (Wildman–Crippen MR) is 67.3 cm³/mol. The minimum Gasteiger partial charge on any atom is -0.496 e. The van der Waals surface area contributed by atoms with Gasteiger partial charge in [-0.05, 0) is 38.3 Å². The quantitative estimate of drug-likeness (QED) is 0.712. The molecule has 0 unspecified atom stereocenters. The molecule has 1 rings (SSSR count). The van der Waals surface area contributed by atoms with Crippen molar-refractivity contribution in [2.75, 3.05) is 13.7 Å². The van der Waals surface area contributed by atoms with Gasteiger partial charge in [0.1, 0.15) is 5.75 Å². The summed E-state index contributed by atoms with van der Waals surface area (Å²) in [4.78, 5) is 11.2. The Hall–Kier alpha value is -1.51. The first-order chi connectivity index (χ1) is 8.17. The largest absolute Gasteiger partial charge is 0.496 e. The van der Waals surface area contributed by atoms with Crippen molar-refractivity contribution in [3.8, 4) is 5.75 Å². The lowest BCUT2D eigenvalue weighted by molar-refractivity contribution is -0.143. The van der Waals surface area contributed by atoms with Crippen LogP contribution in [-0.4, -0.2) is 19.7 Å². The van der Waals surface area contributed by atoms with Crippen LogP contribution in [0, 0.1) is 6.92 Å². The number of hydrogen-bond acceptors (Lipinski definition) is 3. The number of carbonyl (C=O) groups is 1. The molecule has 0 aliphatic heterocycles. The number of aryl methyl sites for hydroxylation is 2. The molecule has 94 valence electrons. The Bertz CT molecular complexity index is 372. The highest BCUT2D eigenvalue weighted by Crippen LogP contribution is 2.21. The molecule has 0 fully saturated rings. The molecule has 0 bridgehead atoms. The van der Waals surface area contributed by atoms with E-state index in [4.69, 9.17) is 9.47 Å². The first-order valence-corrected chi connectivity index (χ1v) is 5.96. The fourth-order valence-electron chi connectivity index (χ4n) is 1.76. The zero-order valence-electron chi connectivity index (χ0n) is 10.8. The van der Waals surface area contributed by atoms with E-state index in [1.165, 1.54) is 5.56 Å². The highest BCUT2D eigenvalue weighted by Gasteiger charge is 2.06. The van der Waals surface area contributed by atoms with Crippen molar-refractivity contribution in [1.29, 1.82) is 0 Å². The van der Waals surface area contributed by atoms with Crippen LogP contribution in [0.3, 0.4) is 0 Å². The molecule has 0 amide bonds. The van der Waals surface area contributed by atoms with Crippen LogP contribution in [-0.2, 0) is 16.0 Å². The van der Waals surface area contributed by atoms with Gasteiger partial charge in [0, 0.05) is 6.42 Å². The maximum Gasteiger partial charge on any atom is 0.305 e. The van der Waals surface area contributed by atoms with Gasteiger partial charge in [-0.3, -0.25) is 4.79 Å². The van der Waals surface area contributed by atoms with Crippen LogP contribution < -0.4 is 4.74 Å². The smallest absolute Gasteiger partial charge is 0.305 e. The molecule has 0 atom stereocenters. The second-order valence-electron chi connectivity index (χ2n) is 3.97. The van der Waals surface area contributed by atoms with Crippen molar-refractivity contribution in [2.24, 2.45) is 0 Å². The standard InChI is InChI=1S/C14H20O3/c1-4-17-14(15)7-5-6-12-10-11(2)8-9-13(12)16-3/h8-10H,4-7H2,1-3H3. The van der Waals surface area contributed by atoms with Crippen LogP contribution in [0.25, 0.3) is 0 Å². The minimum atomic E-state index is -0.126. The third-order valence-corrected chi connectivity index (χ3v) is 2.57. The maximum absolute atomic E-state index is 11.2. The van der Waals surface area contributed by atoms with E-state index >= 15 is 0 Å². The summed E-state index contributed by atoms with van der Waals surface area (Å²) in [6.45, 7) is 4.32.